The third kappa shape index (κ3) is 2.07. The van der Waals surface area contributed by atoms with Gasteiger partial charge >= 0.3 is 0 Å². The molecule has 1 aromatic heterocycles. The first-order chi connectivity index (χ1) is 10.3. The van der Waals surface area contributed by atoms with Crippen molar-refractivity contribution in [2.45, 2.75) is 0 Å². The zero-order chi connectivity index (χ0) is 14.2. The molecule has 0 unspecified atom stereocenters. The predicted octanol–water partition coefficient (Wildman–Crippen LogP) is 2.67. The van der Waals surface area contributed by atoms with E-state index in [0.717, 1.165) is 22.8 Å². The van der Waals surface area contributed by atoms with Gasteiger partial charge in [0.1, 0.15) is 11.0 Å². The van der Waals surface area contributed by atoms with Gasteiger partial charge in [-0.1, -0.05) is 6.07 Å². The SMILES string of the molecule is O=C(Nc1ccc2nsnc2c1)c1cccc2c1OCO2. The molecule has 0 fully saturated rings. The number of aromatic nitrogens is 2. The molecule has 0 bridgehead atoms. The van der Waals surface area contributed by atoms with Crippen LogP contribution in [0.4, 0.5) is 5.69 Å². The van der Waals surface area contributed by atoms with Gasteiger partial charge in [0.15, 0.2) is 11.5 Å². The smallest absolute Gasteiger partial charge is 0.259 e. The number of hydrogen-bond donors (Lipinski definition) is 1. The Morgan fingerprint density at radius 1 is 1.14 bits per heavy atom. The van der Waals surface area contributed by atoms with E-state index in [1.165, 1.54) is 0 Å². The average Bonchev–Trinajstić information content (AvgIpc) is 3.14. The van der Waals surface area contributed by atoms with Gasteiger partial charge < -0.3 is 14.8 Å². The fourth-order valence-corrected chi connectivity index (χ4v) is 2.68. The highest BCUT2D eigenvalue weighted by Crippen LogP contribution is 2.35. The maximum atomic E-state index is 12.4. The van der Waals surface area contributed by atoms with Crippen LogP contribution in [-0.4, -0.2) is 21.4 Å². The Kier molecular flexibility index (Phi) is 2.71. The number of para-hydroxylation sites is 1. The molecule has 0 aliphatic carbocycles. The highest BCUT2D eigenvalue weighted by Gasteiger charge is 2.21. The maximum absolute atomic E-state index is 12.4. The summed E-state index contributed by atoms with van der Waals surface area (Å²) in [6.45, 7) is 0.135. The minimum absolute atomic E-state index is 0.135. The van der Waals surface area contributed by atoms with Gasteiger partial charge in [-0.25, -0.2) is 0 Å². The van der Waals surface area contributed by atoms with E-state index in [-0.39, 0.29) is 12.7 Å². The topological polar surface area (TPSA) is 73.3 Å². The molecule has 0 saturated carbocycles. The van der Waals surface area contributed by atoms with Crippen molar-refractivity contribution in [3.8, 4) is 11.5 Å². The molecule has 1 aliphatic heterocycles. The van der Waals surface area contributed by atoms with Crippen LogP contribution in [0.2, 0.25) is 0 Å². The first-order valence-corrected chi connectivity index (χ1v) is 6.96. The third-order valence-electron chi connectivity index (χ3n) is 3.15. The molecule has 2 aromatic carbocycles. The minimum atomic E-state index is -0.250. The second-order valence-corrected chi connectivity index (χ2v) is 4.99. The number of rotatable bonds is 2. The molecule has 1 amide bonds. The number of nitrogens with one attached hydrogen (secondary N) is 1. The predicted molar refractivity (Wildman–Crippen MR) is 77.9 cm³/mol. The Labute approximate surface area is 123 Å². The molecule has 1 aliphatic rings. The molecule has 21 heavy (non-hydrogen) atoms. The first-order valence-electron chi connectivity index (χ1n) is 6.23. The van der Waals surface area contributed by atoms with Crippen molar-refractivity contribution in [3.63, 3.8) is 0 Å². The van der Waals surface area contributed by atoms with Crippen molar-refractivity contribution >= 4 is 34.4 Å². The van der Waals surface area contributed by atoms with E-state index in [2.05, 4.69) is 14.1 Å². The van der Waals surface area contributed by atoms with Crippen LogP contribution in [-0.2, 0) is 0 Å². The standard InChI is InChI=1S/C14H9N3O3S/c18-14(9-2-1-3-12-13(9)20-7-19-12)15-8-4-5-10-11(6-8)17-21-16-10/h1-6H,7H2,(H,15,18). The van der Waals surface area contributed by atoms with Gasteiger partial charge in [0, 0.05) is 5.69 Å². The number of carbonyl (C=O) groups is 1. The van der Waals surface area contributed by atoms with Crippen molar-refractivity contribution in [2.24, 2.45) is 0 Å². The van der Waals surface area contributed by atoms with Crippen LogP contribution in [0.5, 0.6) is 11.5 Å². The van der Waals surface area contributed by atoms with Crippen LogP contribution < -0.4 is 14.8 Å². The van der Waals surface area contributed by atoms with E-state index in [9.17, 15) is 4.79 Å². The second kappa shape index (κ2) is 4.71. The van der Waals surface area contributed by atoms with Crippen LogP contribution >= 0.6 is 11.7 Å². The largest absolute Gasteiger partial charge is 0.454 e. The summed E-state index contributed by atoms with van der Waals surface area (Å²) in [6.07, 6.45) is 0. The summed E-state index contributed by atoms with van der Waals surface area (Å²) < 4.78 is 18.9. The lowest BCUT2D eigenvalue weighted by Crippen LogP contribution is -2.12. The van der Waals surface area contributed by atoms with Gasteiger partial charge in [0.2, 0.25) is 6.79 Å². The Morgan fingerprint density at radius 2 is 2.05 bits per heavy atom. The van der Waals surface area contributed by atoms with E-state index in [1.807, 2.05) is 6.07 Å². The van der Waals surface area contributed by atoms with Gasteiger partial charge in [-0.3, -0.25) is 4.79 Å². The summed E-state index contributed by atoms with van der Waals surface area (Å²) in [5, 5.41) is 2.83. The van der Waals surface area contributed by atoms with Gasteiger partial charge in [0.05, 0.1) is 17.3 Å². The van der Waals surface area contributed by atoms with E-state index in [1.54, 1.807) is 30.3 Å². The first kappa shape index (κ1) is 12.1. The van der Waals surface area contributed by atoms with Gasteiger partial charge in [0.25, 0.3) is 5.91 Å². The molecule has 104 valence electrons. The van der Waals surface area contributed by atoms with Gasteiger partial charge in [-0.15, -0.1) is 0 Å². The second-order valence-electron chi connectivity index (χ2n) is 4.46. The van der Waals surface area contributed by atoms with E-state index in [4.69, 9.17) is 9.47 Å². The number of fused-ring (bicyclic) bond motifs is 2. The summed E-state index contributed by atoms with van der Waals surface area (Å²) in [7, 11) is 0. The Balaban J connectivity index is 1.65. The quantitative estimate of drug-likeness (QED) is 0.787. The number of benzene rings is 2. The Hall–Kier alpha value is -2.67. The number of hydrogen-bond acceptors (Lipinski definition) is 6. The molecule has 3 aromatic rings. The van der Waals surface area contributed by atoms with Crippen LogP contribution in [0.1, 0.15) is 10.4 Å². The molecule has 0 radical (unpaired) electrons. The maximum Gasteiger partial charge on any atom is 0.259 e. The Morgan fingerprint density at radius 3 is 3.00 bits per heavy atom. The van der Waals surface area contributed by atoms with E-state index in [0.29, 0.717) is 22.7 Å². The molecule has 0 spiro atoms. The van der Waals surface area contributed by atoms with Crippen molar-refractivity contribution < 1.29 is 14.3 Å². The zero-order valence-electron chi connectivity index (χ0n) is 10.7. The summed E-state index contributed by atoms with van der Waals surface area (Å²) in [6, 6.07) is 10.6. The molecule has 0 atom stereocenters. The van der Waals surface area contributed by atoms with E-state index < -0.39 is 0 Å². The fourth-order valence-electron chi connectivity index (χ4n) is 2.17. The van der Waals surface area contributed by atoms with Crippen molar-refractivity contribution in [2.75, 3.05) is 12.1 Å². The summed E-state index contributed by atoms with van der Waals surface area (Å²) >= 11 is 1.14. The van der Waals surface area contributed by atoms with Crippen molar-refractivity contribution in [1.82, 2.24) is 8.75 Å². The molecular formula is C14H9N3O3S. The molecule has 7 heteroatoms. The van der Waals surface area contributed by atoms with Crippen molar-refractivity contribution in [1.29, 1.82) is 0 Å². The van der Waals surface area contributed by atoms with Crippen LogP contribution in [0, 0.1) is 0 Å². The highest BCUT2D eigenvalue weighted by molar-refractivity contribution is 7.00. The monoisotopic (exact) mass is 299 g/mol. The third-order valence-corrected chi connectivity index (χ3v) is 3.71. The molecule has 6 nitrogen and oxygen atoms in total. The zero-order valence-corrected chi connectivity index (χ0v) is 11.5. The lowest BCUT2D eigenvalue weighted by atomic mass is 10.1. The van der Waals surface area contributed by atoms with Gasteiger partial charge in [-0.05, 0) is 30.3 Å². The minimum Gasteiger partial charge on any atom is -0.454 e. The average molecular weight is 299 g/mol. The van der Waals surface area contributed by atoms with Crippen LogP contribution in [0.3, 0.4) is 0 Å². The lowest BCUT2D eigenvalue weighted by molar-refractivity contribution is 0.102. The lowest BCUT2D eigenvalue weighted by Gasteiger charge is -2.07. The number of carbonyl (C=O) groups excluding carboxylic acids is 1. The molecule has 1 N–H and O–H groups in total. The number of nitrogens with zero attached hydrogens (tertiary/aromatic N) is 2. The molecule has 2 heterocycles. The highest BCUT2D eigenvalue weighted by atomic mass is 32.1. The Bertz CT molecular complexity index is 846. The van der Waals surface area contributed by atoms with E-state index >= 15 is 0 Å². The summed E-state index contributed by atoms with van der Waals surface area (Å²) in [5.74, 6) is 0.813. The van der Waals surface area contributed by atoms with Gasteiger partial charge in [-0.2, -0.15) is 8.75 Å². The normalized spacial score (nSPS) is 12.6. The molecule has 0 saturated heterocycles. The number of anilines is 1. The van der Waals surface area contributed by atoms with Crippen LogP contribution in [0.25, 0.3) is 11.0 Å². The number of amides is 1. The number of ether oxygens (including phenoxy) is 2. The summed E-state index contributed by atoms with van der Waals surface area (Å²) in [5.41, 5.74) is 2.68. The molecule has 4 rings (SSSR count). The van der Waals surface area contributed by atoms with Crippen molar-refractivity contribution in [3.05, 3.63) is 42.0 Å². The van der Waals surface area contributed by atoms with Crippen LogP contribution in [0.15, 0.2) is 36.4 Å². The summed E-state index contributed by atoms with van der Waals surface area (Å²) in [4.78, 5) is 12.4. The fraction of sp³-hybridized carbons (Fsp3) is 0.0714. The molecular weight excluding hydrogens is 290 g/mol.